The molecule has 30 heavy (non-hydrogen) atoms. The summed E-state index contributed by atoms with van der Waals surface area (Å²) >= 11 is 1.25. The number of hydrogen-bond donors (Lipinski definition) is 1. The zero-order chi connectivity index (χ0) is 22.0. The second-order valence-electron chi connectivity index (χ2n) is 7.35. The molecule has 2 heterocycles. The van der Waals surface area contributed by atoms with Gasteiger partial charge < -0.3 is 10.1 Å². The number of rotatable bonds is 6. The molecule has 0 fully saturated rings. The number of nitrogens with zero attached hydrogens (tertiary/aromatic N) is 3. The third-order valence-corrected chi connectivity index (χ3v) is 6.15. The maximum atomic E-state index is 12.6. The highest BCUT2D eigenvalue weighted by atomic mass is 32.1. The Labute approximate surface area is 180 Å². The number of esters is 1. The number of ether oxygens (including phenoxy) is 1. The third-order valence-electron chi connectivity index (χ3n) is 5.02. The minimum atomic E-state index is -0.734. The van der Waals surface area contributed by atoms with Crippen molar-refractivity contribution in [2.75, 3.05) is 7.11 Å². The zero-order valence-corrected chi connectivity index (χ0v) is 18.9. The molecule has 8 heteroatoms. The first-order valence-electron chi connectivity index (χ1n) is 9.68. The molecule has 0 bridgehead atoms. The molecule has 0 saturated heterocycles. The molecule has 0 saturated carbocycles. The van der Waals surface area contributed by atoms with Crippen molar-refractivity contribution in [1.29, 1.82) is 0 Å². The van der Waals surface area contributed by atoms with Crippen LogP contribution in [0.2, 0.25) is 0 Å². The summed E-state index contributed by atoms with van der Waals surface area (Å²) in [6.07, 6.45) is 0.784. The quantitative estimate of drug-likeness (QED) is 0.610. The molecular weight excluding hydrogens is 400 g/mol. The van der Waals surface area contributed by atoms with Crippen molar-refractivity contribution in [1.82, 2.24) is 20.1 Å². The van der Waals surface area contributed by atoms with E-state index in [9.17, 15) is 9.59 Å². The Bertz CT molecular complexity index is 1080. The lowest BCUT2D eigenvalue weighted by atomic mass is 10.0. The van der Waals surface area contributed by atoms with Crippen LogP contribution in [0.5, 0.6) is 0 Å². The van der Waals surface area contributed by atoms with Gasteiger partial charge in [-0.2, -0.15) is 5.10 Å². The number of aryl methyl sites for hydroxylation is 3. The molecule has 3 rings (SSSR count). The second kappa shape index (κ2) is 8.79. The van der Waals surface area contributed by atoms with Crippen LogP contribution >= 0.6 is 11.3 Å². The summed E-state index contributed by atoms with van der Waals surface area (Å²) in [5, 5.41) is 7.94. The van der Waals surface area contributed by atoms with Gasteiger partial charge in [0.1, 0.15) is 10.9 Å². The number of methoxy groups -OCH3 is 1. The highest BCUT2D eigenvalue weighted by molar-refractivity contribution is 7.16. The molecule has 1 aromatic carbocycles. The van der Waals surface area contributed by atoms with Gasteiger partial charge in [-0.1, -0.05) is 41.2 Å². The topological polar surface area (TPSA) is 86.1 Å². The van der Waals surface area contributed by atoms with Crippen molar-refractivity contribution in [3.05, 3.63) is 62.9 Å². The minimum absolute atomic E-state index is 0.351. The first kappa shape index (κ1) is 21.7. The fourth-order valence-corrected chi connectivity index (χ4v) is 4.18. The fraction of sp³-hybridized carbons (Fsp3) is 0.364. The highest BCUT2D eigenvalue weighted by Gasteiger charge is 2.23. The smallest absolute Gasteiger partial charge is 0.328 e. The SMILES string of the molecule is COC(=O)C(C)NC(=O)c1sc(-n2nc(C)c(Cc3ccc(C)cc3)c2C)nc1C. The second-order valence-corrected chi connectivity index (χ2v) is 8.33. The molecule has 0 spiro atoms. The van der Waals surface area contributed by atoms with Gasteiger partial charge in [0.05, 0.1) is 18.5 Å². The predicted octanol–water partition coefficient (Wildman–Crippen LogP) is 3.44. The number of hydrogen-bond acceptors (Lipinski definition) is 6. The van der Waals surface area contributed by atoms with E-state index in [-0.39, 0.29) is 5.91 Å². The van der Waals surface area contributed by atoms with Gasteiger partial charge in [0.15, 0.2) is 0 Å². The van der Waals surface area contributed by atoms with Gasteiger partial charge in [-0.3, -0.25) is 4.79 Å². The molecule has 1 amide bonds. The number of nitrogens with one attached hydrogen (secondary N) is 1. The maximum absolute atomic E-state index is 12.6. The lowest BCUT2D eigenvalue weighted by Gasteiger charge is -2.10. The minimum Gasteiger partial charge on any atom is -0.467 e. The van der Waals surface area contributed by atoms with Crippen LogP contribution in [-0.4, -0.2) is 39.8 Å². The maximum Gasteiger partial charge on any atom is 0.328 e. The molecule has 1 unspecified atom stereocenters. The van der Waals surface area contributed by atoms with Gasteiger partial charge in [-0.25, -0.2) is 14.5 Å². The number of thiazole rings is 1. The molecule has 2 aromatic heterocycles. The average Bonchev–Trinajstić information content (AvgIpc) is 3.23. The van der Waals surface area contributed by atoms with E-state index in [2.05, 4.69) is 51.3 Å². The Morgan fingerprint density at radius 2 is 1.80 bits per heavy atom. The summed E-state index contributed by atoms with van der Waals surface area (Å²) < 4.78 is 6.45. The van der Waals surface area contributed by atoms with Crippen molar-refractivity contribution in [2.45, 2.75) is 47.1 Å². The van der Waals surface area contributed by atoms with Gasteiger partial charge in [0, 0.05) is 17.7 Å². The Morgan fingerprint density at radius 3 is 2.43 bits per heavy atom. The van der Waals surface area contributed by atoms with E-state index in [1.54, 1.807) is 18.5 Å². The lowest BCUT2D eigenvalue weighted by Crippen LogP contribution is -2.39. The van der Waals surface area contributed by atoms with Crippen LogP contribution in [0, 0.1) is 27.7 Å². The summed E-state index contributed by atoms with van der Waals surface area (Å²) in [6, 6.07) is 7.74. The number of carbonyl (C=O) groups excluding carboxylic acids is 2. The van der Waals surface area contributed by atoms with E-state index in [1.807, 2.05) is 13.8 Å². The predicted molar refractivity (Wildman–Crippen MR) is 116 cm³/mol. The van der Waals surface area contributed by atoms with E-state index in [0.29, 0.717) is 15.7 Å². The van der Waals surface area contributed by atoms with Gasteiger partial charge in [-0.15, -0.1) is 0 Å². The summed E-state index contributed by atoms with van der Waals surface area (Å²) in [4.78, 5) is 29.2. The van der Waals surface area contributed by atoms with E-state index >= 15 is 0 Å². The van der Waals surface area contributed by atoms with Gasteiger partial charge >= 0.3 is 5.97 Å². The van der Waals surface area contributed by atoms with Gasteiger partial charge in [0.2, 0.25) is 5.13 Å². The Hall–Kier alpha value is -3.00. The Morgan fingerprint density at radius 1 is 1.13 bits per heavy atom. The fourth-order valence-electron chi connectivity index (χ4n) is 3.21. The first-order valence-corrected chi connectivity index (χ1v) is 10.5. The number of benzene rings is 1. The van der Waals surface area contributed by atoms with E-state index in [0.717, 1.165) is 23.4 Å². The largest absolute Gasteiger partial charge is 0.467 e. The van der Waals surface area contributed by atoms with Crippen LogP contribution in [0.4, 0.5) is 0 Å². The van der Waals surface area contributed by atoms with Crippen molar-refractivity contribution >= 4 is 23.2 Å². The standard InChI is InChI=1S/C22H26N4O3S/c1-12-7-9-17(10-8-12)11-18-13(2)25-26(16(18)5)22-24-14(3)19(30-22)20(27)23-15(4)21(28)29-6/h7-10,15H,11H2,1-6H3,(H,23,27). The van der Waals surface area contributed by atoms with Gasteiger partial charge in [-0.05, 0) is 40.2 Å². The number of carbonyl (C=O) groups is 2. The molecule has 0 aliphatic rings. The number of amides is 1. The molecule has 0 aliphatic carbocycles. The zero-order valence-electron chi connectivity index (χ0n) is 18.1. The molecule has 1 N–H and O–H groups in total. The van der Waals surface area contributed by atoms with Crippen LogP contribution in [0.1, 0.15) is 50.4 Å². The molecule has 0 radical (unpaired) electrons. The summed E-state index contributed by atoms with van der Waals surface area (Å²) in [6.45, 7) is 9.43. The van der Waals surface area contributed by atoms with Crippen molar-refractivity contribution in [3.8, 4) is 5.13 Å². The number of aromatic nitrogens is 3. The third kappa shape index (κ3) is 4.43. The molecule has 1 atom stereocenters. The van der Waals surface area contributed by atoms with Gasteiger partial charge in [0.25, 0.3) is 5.91 Å². The summed E-state index contributed by atoms with van der Waals surface area (Å²) in [5.74, 6) is -0.847. The van der Waals surface area contributed by atoms with Crippen LogP contribution in [-0.2, 0) is 16.0 Å². The molecule has 158 valence electrons. The Kier molecular flexibility index (Phi) is 6.36. The molecular formula is C22H26N4O3S. The van der Waals surface area contributed by atoms with Crippen molar-refractivity contribution in [3.63, 3.8) is 0 Å². The van der Waals surface area contributed by atoms with Crippen LogP contribution in [0.15, 0.2) is 24.3 Å². The summed E-state index contributed by atoms with van der Waals surface area (Å²) in [7, 11) is 1.29. The van der Waals surface area contributed by atoms with Crippen LogP contribution < -0.4 is 5.32 Å². The molecule has 7 nitrogen and oxygen atoms in total. The molecule has 3 aromatic rings. The van der Waals surface area contributed by atoms with Crippen LogP contribution in [0.25, 0.3) is 5.13 Å². The van der Waals surface area contributed by atoms with Crippen LogP contribution in [0.3, 0.4) is 0 Å². The van der Waals surface area contributed by atoms with Crippen molar-refractivity contribution in [2.24, 2.45) is 0 Å². The summed E-state index contributed by atoms with van der Waals surface area (Å²) in [5.41, 5.74) is 6.13. The van der Waals surface area contributed by atoms with E-state index in [4.69, 9.17) is 0 Å². The van der Waals surface area contributed by atoms with E-state index < -0.39 is 12.0 Å². The first-order chi connectivity index (χ1) is 14.2. The monoisotopic (exact) mass is 426 g/mol. The van der Waals surface area contributed by atoms with E-state index in [1.165, 1.54) is 29.6 Å². The Balaban J connectivity index is 1.86. The average molecular weight is 427 g/mol. The molecule has 0 aliphatic heterocycles. The highest BCUT2D eigenvalue weighted by Crippen LogP contribution is 2.26. The van der Waals surface area contributed by atoms with Crippen molar-refractivity contribution < 1.29 is 14.3 Å². The lowest BCUT2D eigenvalue weighted by molar-refractivity contribution is -0.142. The normalized spacial score (nSPS) is 11.9.